The van der Waals surface area contributed by atoms with E-state index in [1.54, 1.807) is 0 Å². The molecule has 1 aliphatic rings. The first-order valence-corrected chi connectivity index (χ1v) is 12.3. The van der Waals surface area contributed by atoms with Crippen LogP contribution in [0, 0.1) is 0 Å². The van der Waals surface area contributed by atoms with Crippen molar-refractivity contribution < 1.29 is 22.7 Å². The van der Waals surface area contributed by atoms with Gasteiger partial charge in [-0.15, -0.1) is 0 Å². The summed E-state index contributed by atoms with van der Waals surface area (Å²) in [5.74, 6) is -1.60. The number of alkyl halides is 6. The summed E-state index contributed by atoms with van der Waals surface area (Å²) in [6.07, 6.45) is 0.940. The van der Waals surface area contributed by atoms with Gasteiger partial charge in [0.05, 0.1) is 18.9 Å². The van der Waals surface area contributed by atoms with E-state index in [0.717, 1.165) is 11.0 Å². The fraction of sp³-hybridized carbons (Fsp3) is 0.733. The minimum absolute atomic E-state index is 0.0135. The quantitative estimate of drug-likeness (QED) is 0.438. The summed E-state index contributed by atoms with van der Waals surface area (Å²) in [7, 11) is -2.47. The lowest BCUT2D eigenvalue weighted by atomic mass is 10.1. The second-order valence-electron chi connectivity index (χ2n) is 6.19. The predicted octanol–water partition coefficient (Wildman–Crippen LogP) is 3.86. The van der Waals surface area contributed by atoms with Crippen molar-refractivity contribution in [1.29, 1.82) is 0 Å². The Labute approximate surface area is 199 Å². The second kappa shape index (κ2) is 10.8. The average molecular weight is 553 g/mol. The summed E-state index contributed by atoms with van der Waals surface area (Å²) in [5, 5.41) is 0. The number of sulfonamides is 1. The number of rotatable bonds is 9. The summed E-state index contributed by atoms with van der Waals surface area (Å²) in [4.78, 5) is 26.5. The van der Waals surface area contributed by atoms with E-state index in [1.165, 1.54) is 14.0 Å². The molecule has 0 saturated carbocycles. The highest BCUT2D eigenvalue weighted by atomic mass is 35.6. The maximum atomic E-state index is 13.1. The molecular weight excluding hydrogens is 533 g/mol. The number of nitrogens with zero attached hydrogens (tertiary/aromatic N) is 1. The fourth-order valence-corrected chi connectivity index (χ4v) is 4.08. The molecule has 0 aliphatic carbocycles. The van der Waals surface area contributed by atoms with Crippen LogP contribution < -0.4 is 4.72 Å². The minimum atomic E-state index is -3.80. The molecule has 0 aromatic carbocycles. The molecule has 2 atom stereocenters. The third-order valence-electron chi connectivity index (χ3n) is 4.03. The maximum absolute atomic E-state index is 13.1. The van der Waals surface area contributed by atoms with Crippen molar-refractivity contribution in [2.24, 2.45) is 0 Å². The molecular formula is C15H20Cl6N2O5S. The van der Waals surface area contributed by atoms with E-state index in [1.807, 2.05) is 0 Å². The highest BCUT2D eigenvalue weighted by molar-refractivity contribution is 7.89. The number of hydrogen-bond donors (Lipinski definition) is 1. The number of hydrogen-bond acceptors (Lipinski definition) is 5. The largest absolute Gasteiger partial charge is 0.499 e. The smallest absolute Gasteiger partial charge is 0.257 e. The van der Waals surface area contributed by atoms with Crippen molar-refractivity contribution in [2.45, 2.75) is 52.3 Å². The molecule has 0 aromatic heterocycles. The normalized spacial score (nSPS) is 19.3. The van der Waals surface area contributed by atoms with Crippen LogP contribution in [0.1, 0.15) is 32.6 Å². The van der Waals surface area contributed by atoms with Gasteiger partial charge in [-0.2, -0.15) is 0 Å². The molecule has 29 heavy (non-hydrogen) atoms. The van der Waals surface area contributed by atoms with Crippen molar-refractivity contribution in [1.82, 2.24) is 9.62 Å². The molecule has 168 valence electrons. The molecule has 0 unspecified atom stereocenters. The van der Waals surface area contributed by atoms with Gasteiger partial charge in [0.2, 0.25) is 15.9 Å². The number of nitrogens with one attached hydrogen (secondary N) is 1. The molecule has 1 N–H and O–H groups in total. The van der Waals surface area contributed by atoms with Crippen LogP contribution >= 0.6 is 69.6 Å². The molecule has 0 spiro atoms. The summed E-state index contributed by atoms with van der Waals surface area (Å²) < 4.78 is 28.2. The number of ether oxygens (including phenoxy) is 1. The first kappa shape index (κ1) is 27.4. The fourth-order valence-electron chi connectivity index (χ4n) is 2.61. The minimum Gasteiger partial charge on any atom is -0.499 e. The predicted molar refractivity (Wildman–Crippen MR) is 116 cm³/mol. The molecule has 7 nitrogen and oxygen atoms in total. The van der Waals surface area contributed by atoms with Crippen LogP contribution in [0.4, 0.5) is 0 Å². The van der Waals surface area contributed by atoms with E-state index in [9.17, 15) is 18.0 Å². The van der Waals surface area contributed by atoms with Crippen LogP contribution in [-0.2, 0) is 24.3 Å². The number of amides is 2. The van der Waals surface area contributed by atoms with E-state index < -0.39 is 41.5 Å². The summed E-state index contributed by atoms with van der Waals surface area (Å²) in [6, 6.07) is -2.20. The molecule has 1 heterocycles. The topological polar surface area (TPSA) is 92.8 Å². The number of carbonyl (C=O) groups excluding carboxylic acids is 2. The van der Waals surface area contributed by atoms with E-state index in [2.05, 4.69) is 4.72 Å². The third-order valence-corrected chi connectivity index (χ3v) is 6.57. The number of methoxy groups -OCH3 is 1. The third kappa shape index (κ3) is 9.15. The van der Waals surface area contributed by atoms with Gasteiger partial charge in [0, 0.05) is 6.08 Å². The zero-order valence-electron chi connectivity index (χ0n) is 15.4. The van der Waals surface area contributed by atoms with Crippen LogP contribution in [0.3, 0.4) is 0 Å². The lowest BCUT2D eigenvalue weighted by molar-refractivity contribution is -0.144. The lowest BCUT2D eigenvalue weighted by Crippen LogP contribution is -2.52. The van der Waals surface area contributed by atoms with Gasteiger partial charge in [0.15, 0.2) is 7.59 Å². The Hall–Kier alpha value is 0.330. The Kier molecular flexibility index (Phi) is 10.2. The summed E-state index contributed by atoms with van der Waals surface area (Å²) >= 11 is 34.6. The van der Waals surface area contributed by atoms with Gasteiger partial charge in [0.25, 0.3) is 5.91 Å². The van der Waals surface area contributed by atoms with E-state index in [-0.39, 0.29) is 37.2 Å². The SMILES string of the molecule is CCS(=O)(=O)N[C@@H](CCC(Cl)(Cl)Cl)C(=O)N1C(=O)C=C(OC)[C@H]1CCC(Cl)(Cl)Cl. The average Bonchev–Trinajstić information content (AvgIpc) is 2.90. The molecule has 1 rings (SSSR count). The molecule has 0 bridgehead atoms. The number of imide groups is 1. The van der Waals surface area contributed by atoms with Gasteiger partial charge < -0.3 is 4.74 Å². The Balaban J connectivity index is 3.16. The molecule has 0 fully saturated rings. The summed E-state index contributed by atoms with van der Waals surface area (Å²) in [6.45, 7) is 1.40. The van der Waals surface area contributed by atoms with Crippen molar-refractivity contribution in [3.05, 3.63) is 11.8 Å². The van der Waals surface area contributed by atoms with Crippen LogP contribution in [0.15, 0.2) is 11.8 Å². The number of carbonyl (C=O) groups is 2. The van der Waals surface area contributed by atoms with Crippen molar-refractivity contribution >= 4 is 91.4 Å². The molecule has 0 saturated heterocycles. The zero-order chi connectivity index (χ0) is 22.6. The monoisotopic (exact) mass is 550 g/mol. The van der Waals surface area contributed by atoms with Gasteiger partial charge in [-0.1, -0.05) is 69.6 Å². The van der Waals surface area contributed by atoms with Gasteiger partial charge >= 0.3 is 0 Å². The van der Waals surface area contributed by atoms with Crippen LogP contribution in [-0.4, -0.2) is 57.7 Å². The van der Waals surface area contributed by atoms with Crippen molar-refractivity contribution in [2.75, 3.05) is 12.9 Å². The van der Waals surface area contributed by atoms with Crippen molar-refractivity contribution in [3.63, 3.8) is 0 Å². The van der Waals surface area contributed by atoms with E-state index in [0.29, 0.717) is 0 Å². The Morgan fingerprint density at radius 2 is 1.76 bits per heavy atom. The lowest BCUT2D eigenvalue weighted by Gasteiger charge is -2.30. The molecule has 0 aromatic rings. The van der Waals surface area contributed by atoms with Gasteiger partial charge in [-0.3, -0.25) is 14.5 Å². The Morgan fingerprint density at radius 3 is 2.21 bits per heavy atom. The maximum Gasteiger partial charge on any atom is 0.257 e. The van der Waals surface area contributed by atoms with Gasteiger partial charge in [0.1, 0.15) is 11.8 Å². The highest BCUT2D eigenvalue weighted by Gasteiger charge is 2.43. The molecule has 0 radical (unpaired) electrons. The highest BCUT2D eigenvalue weighted by Crippen LogP contribution is 2.36. The zero-order valence-corrected chi connectivity index (χ0v) is 20.8. The molecule has 14 heteroatoms. The van der Waals surface area contributed by atoms with Gasteiger partial charge in [-0.25, -0.2) is 13.1 Å². The van der Waals surface area contributed by atoms with Gasteiger partial charge in [-0.05, 0) is 32.6 Å². The Bertz CT molecular complexity index is 747. The van der Waals surface area contributed by atoms with Crippen LogP contribution in [0.5, 0.6) is 0 Å². The van der Waals surface area contributed by atoms with Crippen LogP contribution in [0.25, 0.3) is 0 Å². The van der Waals surface area contributed by atoms with Crippen molar-refractivity contribution in [3.8, 4) is 0 Å². The Morgan fingerprint density at radius 1 is 1.21 bits per heavy atom. The molecule has 2 amide bonds. The first-order valence-electron chi connectivity index (χ1n) is 8.36. The van der Waals surface area contributed by atoms with E-state index in [4.69, 9.17) is 74.3 Å². The molecule has 1 aliphatic heterocycles. The standard InChI is InChI=1S/C15H20Cl6N2O5S/c1-3-29(26,27)22-9(4-6-14(16,17)18)13(25)23-10(5-7-15(19,20)21)11(28-2)8-12(23)24/h8-10,22H,3-7H2,1-2H3/t9-,10+/m0/s1. The first-order chi connectivity index (χ1) is 13.1. The van der Waals surface area contributed by atoms with Crippen LogP contribution in [0.2, 0.25) is 0 Å². The van der Waals surface area contributed by atoms with E-state index >= 15 is 0 Å². The second-order valence-corrected chi connectivity index (χ2v) is 13.3. The number of halogens is 6. The summed E-state index contributed by atoms with van der Waals surface area (Å²) in [5.41, 5.74) is 0.